The second-order valence-corrected chi connectivity index (χ2v) is 3.96. The van der Waals surface area contributed by atoms with E-state index in [1.165, 1.54) is 19.3 Å². The van der Waals surface area contributed by atoms with Crippen molar-refractivity contribution in [1.82, 2.24) is 0 Å². The number of rotatable bonds is 1. The molecule has 3 N–H and O–H groups in total. The first-order chi connectivity index (χ1) is 4.74. The molecule has 3 rings (SSSR count). The lowest BCUT2D eigenvalue weighted by molar-refractivity contribution is -0.00676. The summed E-state index contributed by atoms with van der Waals surface area (Å²) < 4.78 is 0. The maximum atomic E-state index is 9.02. The molecular weight excluding hydrogens is 126 g/mol. The number of aliphatic hydroxyl groups is 1. The van der Waals surface area contributed by atoms with Gasteiger partial charge in [0.05, 0.1) is 6.61 Å². The molecular formula is C8H15NO. The van der Waals surface area contributed by atoms with Crippen molar-refractivity contribution in [2.24, 2.45) is 17.6 Å². The van der Waals surface area contributed by atoms with Crippen molar-refractivity contribution >= 4 is 0 Å². The Balaban J connectivity index is 2.07. The minimum Gasteiger partial charge on any atom is -0.394 e. The topological polar surface area (TPSA) is 46.2 Å². The molecule has 0 heterocycles. The van der Waals surface area contributed by atoms with E-state index in [0.717, 1.165) is 12.3 Å². The van der Waals surface area contributed by atoms with Crippen molar-refractivity contribution in [3.63, 3.8) is 0 Å². The van der Waals surface area contributed by atoms with Crippen LogP contribution in [0, 0.1) is 11.8 Å². The van der Waals surface area contributed by atoms with E-state index in [1.54, 1.807) is 0 Å². The molecule has 0 aromatic heterocycles. The highest BCUT2D eigenvalue weighted by Crippen LogP contribution is 2.49. The molecule has 2 heteroatoms. The van der Waals surface area contributed by atoms with E-state index in [0.29, 0.717) is 5.92 Å². The molecule has 10 heavy (non-hydrogen) atoms. The highest BCUT2D eigenvalue weighted by molar-refractivity contribution is 5.03. The van der Waals surface area contributed by atoms with Crippen molar-refractivity contribution in [3.8, 4) is 0 Å². The third-order valence-corrected chi connectivity index (χ3v) is 3.36. The molecule has 0 radical (unpaired) electrons. The maximum absolute atomic E-state index is 9.02. The van der Waals surface area contributed by atoms with Crippen LogP contribution >= 0.6 is 0 Å². The lowest BCUT2D eigenvalue weighted by Gasteiger charge is -2.52. The van der Waals surface area contributed by atoms with Crippen LogP contribution in [0.15, 0.2) is 0 Å². The van der Waals surface area contributed by atoms with Crippen LogP contribution in [-0.2, 0) is 0 Å². The van der Waals surface area contributed by atoms with Gasteiger partial charge >= 0.3 is 0 Å². The van der Waals surface area contributed by atoms with E-state index in [2.05, 4.69) is 0 Å². The predicted molar refractivity (Wildman–Crippen MR) is 39.5 cm³/mol. The lowest BCUT2D eigenvalue weighted by atomic mass is 9.57. The summed E-state index contributed by atoms with van der Waals surface area (Å²) in [5.74, 6) is 1.59. The fourth-order valence-corrected chi connectivity index (χ4v) is 2.33. The largest absolute Gasteiger partial charge is 0.394 e. The molecule has 3 fully saturated rings. The molecule has 0 aromatic rings. The van der Waals surface area contributed by atoms with E-state index in [-0.39, 0.29) is 12.1 Å². The first kappa shape index (κ1) is 6.62. The normalized spacial score (nSPS) is 52.2. The Morgan fingerprint density at radius 1 is 1.50 bits per heavy atom. The number of aliphatic hydroxyl groups excluding tert-OH is 1. The van der Waals surface area contributed by atoms with Crippen LogP contribution in [-0.4, -0.2) is 17.3 Å². The molecule has 1 atom stereocenters. The Kier molecular flexibility index (Phi) is 1.29. The second kappa shape index (κ2) is 1.95. The molecule has 0 aliphatic heterocycles. The fraction of sp³-hybridized carbons (Fsp3) is 1.00. The molecule has 2 bridgehead atoms. The Morgan fingerprint density at radius 2 is 2.20 bits per heavy atom. The van der Waals surface area contributed by atoms with Crippen LogP contribution in [0.25, 0.3) is 0 Å². The van der Waals surface area contributed by atoms with Gasteiger partial charge in [-0.2, -0.15) is 0 Å². The zero-order chi connectivity index (χ0) is 7.19. The number of hydrogen-bond acceptors (Lipinski definition) is 2. The number of nitrogens with two attached hydrogens (primary N) is 1. The summed E-state index contributed by atoms with van der Waals surface area (Å²) in [6, 6.07) is 0. The molecule has 3 aliphatic rings. The van der Waals surface area contributed by atoms with E-state index in [9.17, 15) is 0 Å². The van der Waals surface area contributed by atoms with E-state index in [1.807, 2.05) is 0 Å². The maximum Gasteiger partial charge on any atom is 0.0613 e. The molecule has 3 aliphatic carbocycles. The SMILES string of the molecule is NC1(CO)CCC2CC1C2. The number of fused-ring (bicyclic) bond motifs is 2. The van der Waals surface area contributed by atoms with Crippen molar-refractivity contribution in [2.75, 3.05) is 6.61 Å². The van der Waals surface area contributed by atoms with Crippen LogP contribution in [0.5, 0.6) is 0 Å². The Labute approximate surface area is 61.4 Å². The molecule has 0 aromatic carbocycles. The molecule has 3 saturated carbocycles. The van der Waals surface area contributed by atoms with Gasteiger partial charge in [-0.3, -0.25) is 0 Å². The molecule has 2 nitrogen and oxygen atoms in total. The summed E-state index contributed by atoms with van der Waals surface area (Å²) in [6.45, 7) is 0.185. The summed E-state index contributed by atoms with van der Waals surface area (Å²) in [5.41, 5.74) is 5.79. The van der Waals surface area contributed by atoms with Gasteiger partial charge in [0.1, 0.15) is 0 Å². The summed E-state index contributed by atoms with van der Waals surface area (Å²) in [4.78, 5) is 0. The molecule has 0 saturated heterocycles. The first-order valence-corrected chi connectivity index (χ1v) is 4.14. The average molecular weight is 141 g/mol. The van der Waals surface area contributed by atoms with E-state index >= 15 is 0 Å². The Bertz CT molecular complexity index is 139. The summed E-state index contributed by atoms with van der Waals surface area (Å²) in [5, 5.41) is 9.02. The summed E-state index contributed by atoms with van der Waals surface area (Å²) >= 11 is 0. The van der Waals surface area contributed by atoms with Gasteiger partial charge in [-0.05, 0) is 37.5 Å². The summed E-state index contributed by atoms with van der Waals surface area (Å²) in [7, 11) is 0. The average Bonchev–Trinajstić information content (AvgIpc) is 1.86. The minimum atomic E-state index is -0.200. The van der Waals surface area contributed by atoms with Crippen molar-refractivity contribution in [1.29, 1.82) is 0 Å². The van der Waals surface area contributed by atoms with Gasteiger partial charge in [0.25, 0.3) is 0 Å². The number of hydrogen-bond donors (Lipinski definition) is 2. The Hall–Kier alpha value is -0.0800. The van der Waals surface area contributed by atoms with Gasteiger partial charge in [-0.25, -0.2) is 0 Å². The van der Waals surface area contributed by atoms with Gasteiger partial charge < -0.3 is 10.8 Å². The highest BCUT2D eigenvalue weighted by Gasteiger charge is 2.47. The van der Waals surface area contributed by atoms with Crippen molar-refractivity contribution in [3.05, 3.63) is 0 Å². The lowest BCUT2D eigenvalue weighted by Crippen LogP contribution is -2.58. The first-order valence-electron chi connectivity index (χ1n) is 4.14. The van der Waals surface area contributed by atoms with E-state index in [4.69, 9.17) is 10.8 Å². The van der Waals surface area contributed by atoms with Gasteiger partial charge in [0.2, 0.25) is 0 Å². The molecule has 1 unspecified atom stereocenters. The van der Waals surface area contributed by atoms with Crippen molar-refractivity contribution < 1.29 is 5.11 Å². The van der Waals surface area contributed by atoms with Crippen LogP contribution in [0.1, 0.15) is 25.7 Å². The molecule has 0 amide bonds. The standard InChI is InChI=1S/C8H15NO/c9-8(5-10)2-1-6-3-7(8)4-6/h6-7,10H,1-5,9H2. The fourth-order valence-electron chi connectivity index (χ4n) is 2.33. The van der Waals surface area contributed by atoms with Gasteiger partial charge in [-0.15, -0.1) is 0 Å². The minimum absolute atomic E-state index is 0.185. The quantitative estimate of drug-likeness (QED) is 0.558. The van der Waals surface area contributed by atoms with Gasteiger partial charge in [0, 0.05) is 5.54 Å². The third kappa shape index (κ3) is 0.722. The van der Waals surface area contributed by atoms with Crippen LogP contribution in [0.3, 0.4) is 0 Å². The smallest absolute Gasteiger partial charge is 0.0613 e. The van der Waals surface area contributed by atoms with E-state index < -0.39 is 0 Å². The zero-order valence-electron chi connectivity index (χ0n) is 6.21. The van der Waals surface area contributed by atoms with Gasteiger partial charge in [0.15, 0.2) is 0 Å². The summed E-state index contributed by atoms with van der Waals surface area (Å²) in [6.07, 6.45) is 4.83. The second-order valence-electron chi connectivity index (χ2n) is 3.96. The third-order valence-electron chi connectivity index (χ3n) is 3.36. The molecule has 58 valence electrons. The van der Waals surface area contributed by atoms with Crippen molar-refractivity contribution in [2.45, 2.75) is 31.2 Å². The predicted octanol–water partition coefficient (Wildman–Crippen LogP) is 0.496. The van der Waals surface area contributed by atoms with Crippen LogP contribution in [0.4, 0.5) is 0 Å². The van der Waals surface area contributed by atoms with Gasteiger partial charge in [-0.1, -0.05) is 0 Å². The highest BCUT2D eigenvalue weighted by atomic mass is 16.3. The van der Waals surface area contributed by atoms with Crippen LogP contribution < -0.4 is 5.73 Å². The zero-order valence-corrected chi connectivity index (χ0v) is 6.21. The molecule has 0 spiro atoms. The Morgan fingerprint density at radius 3 is 2.50 bits per heavy atom. The monoisotopic (exact) mass is 141 g/mol. The van der Waals surface area contributed by atoms with Crippen LogP contribution in [0.2, 0.25) is 0 Å².